The van der Waals surface area contributed by atoms with E-state index in [2.05, 4.69) is 44.3 Å². The summed E-state index contributed by atoms with van der Waals surface area (Å²) in [5.74, 6) is 0.992. The number of ether oxygens (including phenoxy) is 1. The van der Waals surface area contributed by atoms with Crippen molar-refractivity contribution < 1.29 is 4.74 Å². The maximum Gasteiger partial charge on any atom is 0.159 e. The molecule has 1 N–H and O–H groups in total. The molecule has 0 fully saturated rings. The first-order valence-corrected chi connectivity index (χ1v) is 5.04. The van der Waals surface area contributed by atoms with E-state index in [0.717, 1.165) is 17.9 Å². The lowest BCUT2D eigenvalue weighted by molar-refractivity contribution is 0.370. The highest BCUT2D eigenvalue weighted by atomic mass is 16.5. The molecule has 2 rings (SSSR count). The van der Waals surface area contributed by atoms with E-state index in [1.165, 1.54) is 5.56 Å². The average molecular weight is 191 g/mol. The molecule has 0 saturated heterocycles. The second-order valence-corrected chi connectivity index (χ2v) is 5.03. The van der Waals surface area contributed by atoms with E-state index in [1.54, 1.807) is 0 Å². The van der Waals surface area contributed by atoms with Gasteiger partial charge in [-0.1, -0.05) is 26.8 Å². The van der Waals surface area contributed by atoms with Crippen molar-refractivity contribution in [3.05, 3.63) is 23.8 Å². The molecule has 1 aromatic rings. The fraction of sp³-hybridized carbons (Fsp3) is 0.500. The molecule has 0 bridgehead atoms. The molecule has 2 heteroatoms. The lowest BCUT2D eigenvalue weighted by atomic mass is 9.88. The summed E-state index contributed by atoms with van der Waals surface area (Å²) < 4.78 is 5.44. The molecule has 1 aliphatic heterocycles. The van der Waals surface area contributed by atoms with Gasteiger partial charge in [-0.25, -0.2) is 0 Å². The minimum absolute atomic E-state index is 0.334. The predicted octanol–water partition coefficient (Wildman–Crippen LogP) is 3.04. The lowest BCUT2D eigenvalue weighted by Gasteiger charge is -2.18. The van der Waals surface area contributed by atoms with Gasteiger partial charge in [-0.2, -0.15) is 0 Å². The van der Waals surface area contributed by atoms with Gasteiger partial charge in [0.25, 0.3) is 0 Å². The summed E-state index contributed by atoms with van der Waals surface area (Å²) in [5, 5.41) is 3.17. The second-order valence-electron chi connectivity index (χ2n) is 5.03. The molecule has 0 aliphatic carbocycles. The molecule has 1 aliphatic rings. The summed E-state index contributed by atoms with van der Waals surface area (Å²) in [7, 11) is 0. The number of hydrogen-bond acceptors (Lipinski definition) is 2. The zero-order valence-electron chi connectivity index (χ0n) is 9.05. The summed E-state index contributed by atoms with van der Waals surface area (Å²) in [6, 6.07) is 6.41. The first kappa shape index (κ1) is 9.38. The number of rotatable bonds is 1. The molecule has 0 atom stereocenters. The Morgan fingerprint density at radius 1 is 1.36 bits per heavy atom. The van der Waals surface area contributed by atoms with Crippen LogP contribution in [0.15, 0.2) is 18.2 Å². The van der Waals surface area contributed by atoms with Crippen molar-refractivity contribution in [2.45, 2.75) is 27.2 Å². The normalized spacial score (nSPS) is 14.5. The standard InChI is InChI=1S/C12H17NO/c1-12(2,3)7-9-4-5-10-11(6-9)14-8-13-10/h4-6,13H,7-8H2,1-3H3. The summed E-state index contributed by atoms with van der Waals surface area (Å²) in [6.07, 6.45) is 1.09. The molecule has 2 nitrogen and oxygen atoms in total. The van der Waals surface area contributed by atoms with Crippen LogP contribution in [-0.4, -0.2) is 6.73 Å². The third-order valence-corrected chi connectivity index (χ3v) is 2.27. The van der Waals surface area contributed by atoms with Crippen LogP contribution in [0, 0.1) is 5.41 Å². The SMILES string of the molecule is CC(C)(C)Cc1ccc2c(c1)OCN2. The Bertz CT molecular complexity index is 339. The molecule has 14 heavy (non-hydrogen) atoms. The highest BCUT2D eigenvalue weighted by Gasteiger charge is 2.15. The molecule has 76 valence electrons. The van der Waals surface area contributed by atoms with Crippen molar-refractivity contribution in [3.8, 4) is 5.75 Å². The Labute approximate surface area is 85.3 Å². The number of anilines is 1. The minimum atomic E-state index is 0.334. The van der Waals surface area contributed by atoms with Crippen LogP contribution in [0.3, 0.4) is 0 Å². The van der Waals surface area contributed by atoms with Gasteiger partial charge in [0.2, 0.25) is 0 Å². The highest BCUT2D eigenvalue weighted by molar-refractivity contribution is 5.60. The van der Waals surface area contributed by atoms with Gasteiger partial charge in [0, 0.05) is 0 Å². The summed E-state index contributed by atoms with van der Waals surface area (Å²) >= 11 is 0. The lowest BCUT2D eigenvalue weighted by Crippen LogP contribution is -2.08. The van der Waals surface area contributed by atoms with Crippen LogP contribution in [-0.2, 0) is 6.42 Å². The average Bonchev–Trinajstić information content (AvgIpc) is 2.47. The van der Waals surface area contributed by atoms with Gasteiger partial charge in [0.15, 0.2) is 6.73 Å². The molecular formula is C12H17NO. The molecule has 0 saturated carbocycles. The summed E-state index contributed by atoms with van der Waals surface area (Å²) in [4.78, 5) is 0. The third kappa shape index (κ3) is 2.00. The number of hydrogen-bond donors (Lipinski definition) is 1. The van der Waals surface area contributed by atoms with Gasteiger partial charge in [-0.3, -0.25) is 0 Å². The van der Waals surface area contributed by atoms with Crippen LogP contribution in [0.1, 0.15) is 26.3 Å². The van der Waals surface area contributed by atoms with Gasteiger partial charge < -0.3 is 10.1 Å². The van der Waals surface area contributed by atoms with E-state index in [1.807, 2.05) is 0 Å². The molecule has 0 spiro atoms. The van der Waals surface area contributed by atoms with Crippen molar-refractivity contribution in [1.82, 2.24) is 0 Å². The second kappa shape index (κ2) is 3.19. The Morgan fingerprint density at radius 3 is 2.86 bits per heavy atom. The zero-order chi connectivity index (χ0) is 10.2. The van der Waals surface area contributed by atoms with E-state index < -0.39 is 0 Å². The van der Waals surface area contributed by atoms with Crippen molar-refractivity contribution in [2.24, 2.45) is 5.41 Å². The topological polar surface area (TPSA) is 21.3 Å². The molecule has 0 unspecified atom stereocenters. The molecule has 0 radical (unpaired) electrons. The summed E-state index contributed by atoms with van der Waals surface area (Å²) in [5.41, 5.74) is 2.79. The molecule has 0 aromatic heterocycles. The van der Waals surface area contributed by atoms with Gasteiger partial charge in [0.1, 0.15) is 5.75 Å². The molecule has 1 aromatic carbocycles. The van der Waals surface area contributed by atoms with E-state index in [0.29, 0.717) is 12.1 Å². The van der Waals surface area contributed by atoms with Crippen molar-refractivity contribution in [3.63, 3.8) is 0 Å². The first-order valence-electron chi connectivity index (χ1n) is 5.04. The quantitative estimate of drug-likeness (QED) is 0.736. The minimum Gasteiger partial charge on any atom is -0.471 e. The zero-order valence-corrected chi connectivity index (χ0v) is 9.05. The maximum atomic E-state index is 5.44. The fourth-order valence-electron chi connectivity index (χ4n) is 1.75. The number of benzene rings is 1. The van der Waals surface area contributed by atoms with Gasteiger partial charge >= 0.3 is 0 Å². The third-order valence-electron chi connectivity index (χ3n) is 2.27. The van der Waals surface area contributed by atoms with Crippen molar-refractivity contribution in [2.75, 3.05) is 12.0 Å². The van der Waals surface area contributed by atoms with E-state index in [-0.39, 0.29) is 0 Å². The first-order chi connectivity index (χ1) is 6.54. The maximum absolute atomic E-state index is 5.44. The van der Waals surface area contributed by atoms with Crippen LogP contribution >= 0.6 is 0 Å². The van der Waals surface area contributed by atoms with Crippen molar-refractivity contribution >= 4 is 5.69 Å². The number of fused-ring (bicyclic) bond motifs is 1. The van der Waals surface area contributed by atoms with Gasteiger partial charge in [-0.05, 0) is 29.5 Å². The van der Waals surface area contributed by atoms with Crippen LogP contribution in [0.25, 0.3) is 0 Å². The Kier molecular flexibility index (Phi) is 2.14. The highest BCUT2D eigenvalue weighted by Crippen LogP contribution is 2.31. The number of nitrogens with one attached hydrogen (secondary N) is 1. The van der Waals surface area contributed by atoms with Crippen molar-refractivity contribution in [1.29, 1.82) is 0 Å². The Hall–Kier alpha value is -1.18. The Morgan fingerprint density at radius 2 is 2.14 bits per heavy atom. The molecule has 1 heterocycles. The van der Waals surface area contributed by atoms with Crippen LogP contribution in [0.5, 0.6) is 5.75 Å². The van der Waals surface area contributed by atoms with E-state index >= 15 is 0 Å². The van der Waals surface area contributed by atoms with Crippen LogP contribution in [0.2, 0.25) is 0 Å². The van der Waals surface area contributed by atoms with E-state index in [9.17, 15) is 0 Å². The largest absolute Gasteiger partial charge is 0.471 e. The van der Waals surface area contributed by atoms with Crippen LogP contribution < -0.4 is 10.1 Å². The monoisotopic (exact) mass is 191 g/mol. The fourth-order valence-corrected chi connectivity index (χ4v) is 1.75. The molecule has 0 amide bonds. The van der Waals surface area contributed by atoms with Gasteiger partial charge in [0.05, 0.1) is 5.69 Å². The van der Waals surface area contributed by atoms with Crippen LogP contribution in [0.4, 0.5) is 5.69 Å². The smallest absolute Gasteiger partial charge is 0.159 e. The van der Waals surface area contributed by atoms with Gasteiger partial charge in [-0.15, -0.1) is 0 Å². The summed E-state index contributed by atoms with van der Waals surface area (Å²) in [6.45, 7) is 7.35. The Balaban J connectivity index is 2.21. The van der Waals surface area contributed by atoms with E-state index in [4.69, 9.17) is 4.74 Å². The predicted molar refractivity (Wildman–Crippen MR) is 58.7 cm³/mol. The molecular weight excluding hydrogens is 174 g/mol.